The van der Waals surface area contributed by atoms with Gasteiger partial charge in [0.1, 0.15) is 11.9 Å². The molecule has 2 heterocycles. The molecule has 6 nitrogen and oxygen atoms in total. The number of ether oxygens (including phenoxy) is 1. The van der Waals surface area contributed by atoms with Crippen molar-refractivity contribution in [1.82, 2.24) is 9.47 Å². The van der Waals surface area contributed by atoms with Gasteiger partial charge in [0.15, 0.2) is 0 Å². The van der Waals surface area contributed by atoms with Crippen molar-refractivity contribution in [2.45, 2.75) is 19.9 Å². The third-order valence-corrected chi connectivity index (χ3v) is 4.89. The second-order valence-electron chi connectivity index (χ2n) is 5.76. The van der Waals surface area contributed by atoms with Gasteiger partial charge in [-0.05, 0) is 68.1 Å². The van der Waals surface area contributed by atoms with Crippen LogP contribution in [-0.2, 0) is 14.3 Å². The number of hydrogen-bond acceptors (Lipinski definition) is 5. The van der Waals surface area contributed by atoms with E-state index in [0.717, 1.165) is 16.7 Å². The summed E-state index contributed by atoms with van der Waals surface area (Å²) >= 11 is 0.768. The van der Waals surface area contributed by atoms with Crippen LogP contribution in [0.5, 0.6) is 0 Å². The van der Waals surface area contributed by atoms with Crippen LogP contribution < -0.4 is 0 Å². The van der Waals surface area contributed by atoms with Crippen molar-refractivity contribution in [3.05, 3.63) is 59.0 Å². The highest BCUT2D eigenvalue weighted by Gasteiger charge is 2.41. The first kappa shape index (κ1) is 18.9. The van der Waals surface area contributed by atoms with E-state index >= 15 is 0 Å². The number of rotatable bonds is 5. The lowest BCUT2D eigenvalue weighted by atomic mass is 10.2. The van der Waals surface area contributed by atoms with Crippen LogP contribution >= 0.6 is 11.8 Å². The Balaban J connectivity index is 1.88. The van der Waals surface area contributed by atoms with E-state index in [1.807, 2.05) is 0 Å². The molecule has 0 bridgehead atoms. The number of hydrogen-bond donors (Lipinski definition) is 0. The summed E-state index contributed by atoms with van der Waals surface area (Å²) in [6, 6.07) is 8.46. The zero-order chi connectivity index (χ0) is 19.6. The molecule has 3 rings (SSSR count). The molecule has 8 heteroatoms. The van der Waals surface area contributed by atoms with Crippen LogP contribution in [0.2, 0.25) is 0 Å². The quantitative estimate of drug-likeness (QED) is 0.578. The number of esters is 1. The molecule has 27 heavy (non-hydrogen) atoms. The van der Waals surface area contributed by atoms with Gasteiger partial charge < -0.3 is 9.30 Å². The van der Waals surface area contributed by atoms with Crippen LogP contribution in [-0.4, -0.2) is 39.2 Å². The minimum atomic E-state index is -0.993. The largest absolute Gasteiger partial charge is 0.464 e. The second kappa shape index (κ2) is 7.79. The van der Waals surface area contributed by atoms with Crippen molar-refractivity contribution in [2.75, 3.05) is 6.61 Å². The number of nitrogens with zero attached hydrogens (tertiary/aromatic N) is 2. The maximum atomic E-state index is 13.1. The van der Waals surface area contributed by atoms with E-state index in [1.54, 1.807) is 48.0 Å². The number of thioether (sulfide) groups is 1. The maximum absolute atomic E-state index is 13.1. The minimum Gasteiger partial charge on any atom is -0.464 e. The zero-order valence-corrected chi connectivity index (χ0v) is 15.5. The first-order chi connectivity index (χ1) is 12.9. The summed E-state index contributed by atoms with van der Waals surface area (Å²) in [6.07, 6.45) is 3.34. The summed E-state index contributed by atoms with van der Waals surface area (Å²) in [5.74, 6) is -1.52. The summed E-state index contributed by atoms with van der Waals surface area (Å²) in [5, 5.41) is -0.522. The Morgan fingerprint density at radius 1 is 1.26 bits per heavy atom. The molecule has 1 saturated heterocycles. The fourth-order valence-corrected chi connectivity index (χ4v) is 3.56. The Morgan fingerprint density at radius 3 is 2.63 bits per heavy atom. The van der Waals surface area contributed by atoms with Crippen molar-refractivity contribution < 1.29 is 23.5 Å². The fourth-order valence-electron chi connectivity index (χ4n) is 2.66. The molecule has 1 aliphatic heterocycles. The topological polar surface area (TPSA) is 68.6 Å². The molecule has 0 radical (unpaired) electrons. The number of carbonyl (C=O) groups excluding carboxylic acids is 3. The van der Waals surface area contributed by atoms with E-state index in [2.05, 4.69) is 0 Å². The Labute approximate surface area is 159 Å². The molecule has 1 unspecified atom stereocenters. The van der Waals surface area contributed by atoms with E-state index in [4.69, 9.17) is 4.74 Å². The molecule has 1 aromatic heterocycles. The number of amides is 2. The van der Waals surface area contributed by atoms with E-state index in [-0.39, 0.29) is 17.3 Å². The number of halogens is 1. The summed E-state index contributed by atoms with van der Waals surface area (Å²) < 4.78 is 19.8. The lowest BCUT2D eigenvalue weighted by Gasteiger charge is -2.19. The molecular weight excluding hydrogens is 371 g/mol. The van der Waals surface area contributed by atoms with Gasteiger partial charge in [0, 0.05) is 17.6 Å². The van der Waals surface area contributed by atoms with Crippen LogP contribution in [0.15, 0.2) is 47.5 Å². The molecule has 2 aromatic rings. The van der Waals surface area contributed by atoms with Crippen molar-refractivity contribution in [3.8, 4) is 5.69 Å². The third kappa shape index (κ3) is 3.80. The maximum Gasteiger partial charge on any atom is 0.329 e. The van der Waals surface area contributed by atoms with Gasteiger partial charge in [0.05, 0.1) is 11.5 Å². The highest BCUT2D eigenvalue weighted by atomic mass is 32.2. The number of aromatic nitrogens is 1. The van der Waals surface area contributed by atoms with E-state index < -0.39 is 23.2 Å². The van der Waals surface area contributed by atoms with Gasteiger partial charge in [0.25, 0.3) is 11.1 Å². The molecule has 0 N–H and O–H groups in total. The second-order valence-corrected chi connectivity index (χ2v) is 6.75. The van der Waals surface area contributed by atoms with Gasteiger partial charge in [-0.25, -0.2) is 9.18 Å². The summed E-state index contributed by atoms with van der Waals surface area (Å²) in [4.78, 5) is 37.9. The zero-order valence-electron chi connectivity index (χ0n) is 14.7. The first-order valence-corrected chi connectivity index (χ1v) is 9.11. The SMILES string of the molecule is CCOC(=O)C(C)N1C(=O)SC(=Cc2cccn2-c2ccc(F)cc2)C1=O. The standard InChI is InChI=1S/C19H17FN2O4S/c1-3-26-18(24)12(2)22-17(23)16(27-19(22)25)11-15-5-4-10-21(15)14-8-6-13(20)7-9-14/h4-12H,3H2,1-2H3. The number of imide groups is 1. The first-order valence-electron chi connectivity index (χ1n) is 8.29. The van der Waals surface area contributed by atoms with Gasteiger partial charge in [-0.3, -0.25) is 14.5 Å². The van der Waals surface area contributed by atoms with Gasteiger partial charge in [0.2, 0.25) is 0 Å². The Hall–Kier alpha value is -2.87. The molecule has 2 amide bonds. The monoisotopic (exact) mass is 388 g/mol. The van der Waals surface area contributed by atoms with Crippen molar-refractivity contribution in [2.24, 2.45) is 0 Å². The fraction of sp³-hybridized carbons (Fsp3) is 0.211. The molecule has 1 fully saturated rings. The molecule has 0 spiro atoms. The summed E-state index contributed by atoms with van der Waals surface area (Å²) in [6.45, 7) is 3.28. The summed E-state index contributed by atoms with van der Waals surface area (Å²) in [7, 11) is 0. The van der Waals surface area contributed by atoms with Crippen molar-refractivity contribution in [3.63, 3.8) is 0 Å². The van der Waals surface area contributed by atoms with Gasteiger partial charge in [-0.1, -0.05) is 0 Å². The van der Waals surface area contributed by atoms with Gasteiger partial charge in [-0.2, -0.15) is 0 Å². The number of carbonyl (C=O) groups is 3. The van der Waals surface area contributed by atoms with E-state index in [1.165, 1.54) is 19.1 Å². The summed E-state index contributed by atoms with van der Waals surface area (Å²) in [5.41, 5.74) is 1.36. The smallest absolute Gasteiger partial charge is 0.329 e. The Kier molecular flexibility index (Phi) is 5.46. The third-order valence-electron chi connectivity index (χ3n) is 4.00. The van der Waals surface area contributed by atoms with Crippen LogP contribution in [0, 0.1) is 5.82 Å². The van der Waals surface area contributed by atoms with Gasteiger partial charge in [-0.15, -0.1) is 0 Å². The minimum absolute atomic E-state index is 0.167. The van der Waals surface area contributed by atoms with E-state index in [9.17, 15) is 18.8 Å². The average molecular weight is 388 g/mol. The molecule has 1 atom stereocenters. The van der Waals surface area contributed by atoms with Crippen LogP contribution in [0.25, 0.3) is 11.8 Å². The van der Waals surface area contributed by atoms with Crippen LogP contribution in [0.3, 0.4) is 0 Å². The normalized spacial score (nSPS) is 16.9. The Morgan fingerprint density at radius 2 is 1.96 bits per heavy atom. The predicted molar refractivity (Wildman–Crippen MR) is 99.6 cm³/mol. The van der Waals surface area contributed by atoms with Crippen LogP contribution in [0.1, 0.15) is 19.5 Å². The molecule has 0 aliphatic carbocycles. The lowest BCUT2D eigenvalue weighted by Crippen LogP contribution is -2.42. The molecule has 140 valence electrons. The molecule has 1 aliphatic rings. The highest BCUT2D eigenvalue weighted by molar-refractivity contribution is 8.18. The van der Waals surface area contributed by atoms with Gasteiger partial charge >= 0.3 is 5.97 Å². The molecule has 1 aromatic carbocycles. The highest BCUT2D eigenvalue weighted by Crippen LogP contribution is 2.34. The van der Waals surface area contributed by atoms with Crippen molar-refractivity contribution >= 4 is 35.0 Å². The molecule has 0 saturated carbocycles. The van der Waals surface area contributed by atoms with Crippen molar-refractivity contribution in [1.29, 1.82) is 0 Å². The van der Waals surface area contributed by atoms with Crippen LogP contribution in [0.4, 0.5) is 9.18 Å². The molecular formula is C19H17FN2O4S. The van der Waals surface area contributed by atoms with E-state index in [0.29, 0.717) is 11.4 Å². The predicted octanol–water partition coefficient (Wildman–Crippen LogP) is 3.60. The Bertz CT molecular complexity index is 920. The number of benzene rings is 1. The lowest BCUT2D eigenvalue weighted by molar-refractivity contribution is -0.150. The average Bonchev–Trinajstić information content (AvgIpc) is 3.20.